The first kappa shape index (κ1) is 11.9. The highest BCUT2D eigenvalue weighted by molar-refractivity contribution is 5.53. The summed E-state index contributed by atoms with van der Waals surface area (Å²) < 4.78 is 0. The molecule has 0 aliphatic heterocycles. The van der Waals surface area contributed by atoms with Crippen LogP contribution in [0.4, 0.5) is 11.4 Å². The predicted octanol–water partition coefficient (Wildman–Crippen LogP) is 1.36. The second-order valence-electron chi connectivity index (χ2n) is 3.07. The molecule has 0 bridgehead atoms. The highest BCUT2D eigenvalue weighted by atomic mass is 16.7. The lowest BCUT2D eigenvalue weighted by molar-refractivity contribution is -0.395. The first-order valence-electron chi connectivity index (χ1n) is 4.20. The normalized spacial score (nSPS) is 10.2. The van der Waals surface area contributed by atoms with Gasteiger partial charge in [-0.1, -0.05) is 0 Å². The highest BCUT2D eigenvalue weighted by Gasteiger charge is 2.21. The molecule has 0 aliphatic carbocycles. The molecule has 8 heteroatoms. The summed E-state index contributed by atoms with van der Waals surface area (Å²) in [6.45, 7) is 0. The van der Waals surface area contributed by atoms with Crippen molar-refractivity contribution in [2.45, 2.75) is 0 Å². The Balaban J connectivity index is 3.19. The number of benzene rings is 1. The predicted molar refractivity (Wildman–Crippen MR) is 54.1 cm³/mol. The third-order valence-electron chi connectivity index (χ3n) is 1.63. The fraction of sp³-hybridized carbons (Fsp3) is 0.250. The second kappa shape index (κ2) is 4.53. The molecule has 0 saturated heterocycles. The second-order valence-corrected chi connectivity index (χ2v) is 3.07. The number of hydrogen-bond acceptors (Lipinski definition) is 6. The molecule has 0 spiro atoms. The van der Waals surface area contributed by atoms with E-state index in [1.54, 1.807) is 14.1 Å². The third kappa shape index (κ3) is 2.64. The monoisotopic (exact) mass is 227 g/mol. The number of non-ortho nitro benzene ring substituents is 1. The van der Waals surface area contributed by atoms with Gasteiger partial charge in [-0.3, -0.25) is 20.2 Å². The Bertz CT molecular complexity index is 432. The summed E-state index contributed by atoms with van der Waals surface area (Å²) in [6, 6.07) is 3.20. The van der Waals surface area contributed by atoms with E-state index in [-0.39, 0.29) is 11.4 Å². The molecule has 16 heavy (non-hydrogen) atoms. The number of hydroxylamine groups is 2. The minimum Gasteiger partial charge on any atom is -0.399 e. The van der Waals surface area contributed by atoms with Crippen LogP contribution in [0.25, 0.3) is 0 Å². The summed E-state index contributed by atoms with van der Waals surface area (Å²) in [5, 5.41) is 22.4. The zero-order valence-electron chi connectivity index (χ0n) is 8.61. The molecule has 1 rings (SSSR count). The lowest BCUT2D eigenvalue weighted by Crippen LogP contribution is -2.16. The molecule has 0 atom stereocenters. The molecular weight excluding hydrogens is 218 g/mol. The van der Waals surface area contributed by atoms with Gasteiger partial charge in [-0.05, 0) is 6.07 Å². The first-order chi connectivity index (χ1) is 7.41. The summed E-state index contributed by atoms with van der Waals surface area (Å²) >= 11 is 0. The maximum Gasteiger partial charge on any atom is 0.320 e. The fourth-order valence-corrected chi connectivity index (χ4v) is 1.04. The molecule has 0 aliphatic rings. The van der Waals surface area contributed by atoms with E-state index in [4.69, 9.17) is 4.84 Å². The van der Waals surface area contributed by atoms with Crippen LogP contribution in [0.15, 0.2) is 18.2 Å². The van der Waals surface area contributed by atoms with Crippen LogP contribution in [-0.2, 0) is 0 Å². The van der Waals surface area contributed by atoms with E-state index in [1.165, 1.54) is 11.1 Å². The Morgan fingerprint density at radius 1 is 1.19 bits per heavy atom. The number of hydrogen-bond donors (Lipinski definition) is 0. The Kier molecular flexibility index (Phi) is 3.36. The van der Waals surface area contributed by atoms with E-state index < -0.39 is 15.5 Å². The number of nitro benzene ring substituents is 2. The van der Waals surface area contributed by atoms with Crippen LogP contribution < -0.4 is 4.84 Å². The minimum atomic E-state index is -0.730. The van der Waals surface area contributed by atoms with Gasteiger partial charge in [0.15, 0.2) is 0 Å². The lowest BCUT2D eigenvalue weighted by Gasteiger charge is -2.11. The van der Waals surface area contributed by atoms with Gasteiger partial charge in [-0.15, -0.1) is 5.06 Å². The molecule has 1 aromatic rings. The summed E-state index contributed by atoms with van der Waals surface area (Å²) in [6.07, 6.45) is 0. The van der Waals surface area contributed by atoms with E-state index in [1.807, 2.05) is 0 Å². The van der Waals surface area contributed by atoms with Crippen LogP contribution in [0.2, 0.25) is 0 Å². The van der Waals surface area contributed by atoms with Gasteiger partial charge in [0.25, 0.3) is 5.69 Å². The Morgan fingerprint density at radius 2 is 1.81 bits per heavy atom. The van der Waals surface area contributed by atoms with Crippen LogP contribution in [0.5, 0.6) is 5.75 Å². The zero-order chi connectivity index (χ0) is 12.3. The standard InChI is InChI=1S/C8H9N3O5/c1-9(2)16-8-4-3-6(10(12)13)5-7(8)11(14)15/h3-5H,1-2H3. The van der Waals surface area contributed by atoms with Gasteiger partial charge in [-0.2, -0.15) is 0 Å². The Hall–Kier alpha value is -2.22. The molecule has 86 valence electrons. The quantitative estimate of drug-likeness (QED) is 0.568. The van der Waals surface area contributed by atoms with Crippen molar-refractivity contribution in [3.8, 4) is 5.75 Å². The smallest absolute Gasteiger partial charge is 0.320 e. The summed E-state index contributed by atoms with van der Waals surface area (Å²) in [7, 11) is 3.09. The van der Waals surface area contributed by atoms with Crippen molar-refractivity contribution in [1.82, 2.24) is 5.06 Å². The van der Waals surface area contributed by atoms with E-state index in [0.29, 0.717) is 0 Å². The molecule has 0 saturated carbocycles. The lowest BCUT2D eigenvalue weighted by atomic mass is 10.2. The first-order valence-corrected chi connectivity index (χ1v) is 4.20. The number of rotatable bonds is 4. The third-order valence-corrected chi connectivity index (χ3v) is 1.63. The van der Waals surface area contributed by atoms with Crippen LogP contribution in [-0.4, -0.2) is 29.0 Å². The van der Waals surface area contributed by atoms with Gasteiger partial charge in [0.1, 0.15) is 0 Å². The molecule has 1 aromatic carbocycles. The molecular formula is C8H9N3O5. The van der Waals surface area contributed by atoms with Crippen LogP contribution in [0.3, 0.4) is 0 Å². The summed E-state index contributed by atoms with van der Waals surface area (Å²) in [4.78, 5) is 24.7. The van der Waals surface area contributed by atoms with E-state index >= 15 is 0 Å². The zero-order valence-corrected chi connectivity index (χ0v) is 8.61. The minimum absolute atomic E-state index is 0.0411. The molecule has 0 aromatic heterocycles. The van der Waals surface area contributed by atoms with E-state index in [2.05, 4.69) is 0 Å². The molecule has 0 unspecified atom stereocenters. The fourth-order valence-electron chi connectivity index (χ4n) is 1.04. The highest BCUT2D eigenvalue weighted by Crippen LogP contribution is 2.31. The van der Waals surface area contributed by atoms with Crippen molar-refractivity contribution < 1.29 is 14.7 Å². The van der Waals surface area contributed by atoms with Crippen LogP contribution >= 0.6 is 0 Å². The average Bonchev–Trinajstić information content (AvgIpc) is 2.16. The molecule has 0 N–H and O–H groups in total. The molecule has 0 radical (unpaired) electrons. The van der Waals surface area contributed by atoms with Gasteiger partial charge >= 0.3 is 5.69 Å². The van der Waals surface area contributed by atoms with Gasteiger partial charge in [0, 0.05) is 20.2 Å². The number of nitro groups is 2. The van der Waals surface area contributed by atoms with Crippen molar-refractivity contribution in [2.24, 2.45) is 0 Å². The summed E-state index contributed by atoms with van der Waals surface area (Å²) in [5.41, 5.74) is -0.791. The molecule has 0 amide bonds. The van der Waals surface area contributed by atoms with Crippen molar-refractivity contribution in [3.63, 3.8) is 0 Å². The largest absolute Gasteiger partial charge is 0.399 e. The Labute approximate surface area is 90.3 Å². The van der Waals surface area contributed by atoms with Crippen LogP contribution in [0.1, 0.15) is 0 Å². The maximum atomic E-state index is 10.7. The van der Waals surface area contributed by atoms with Crippen LogP contribution in [0, 0.1) is 20.2 Å². The van der Waals surface area contributed by atoms with E-state index in [9.17, 15) is 20.2 Å². The Morgan fingerprint density at radius 3 is 2.25 bits per heavy atom. The van der Waals surface area contributed by atoms with Gasteiger partial charge in [0.05, 0.1) is 15.9 Å². The van der Waals surface area contributed by atoms with Gasteiger partial charge in [0.2, 0.25) is 5.75 Å². The number of nitrogens with zero attached hydrogens (tertiary/aromatic N) is 3. The average molecular weight is 227 g/mol. The van der Waals surface area contributed by atoms with Gasteiger partial charge in [-0.25, -0.2) is 0 Å². The van der Waals surface area contributed by atoms with Crippen molar-refractivity contribution in [2.75, 3.05) is 14.1 Å². The molecule has 8 nitrogen and oxygen atoms in total. The molecule has 0 heterocycles. The topological polar surface area (TPSA) is 98.8 Å². The van der Waals surface area contributed by atoms with Gasteiger partial charge < -0.3 is 4.84 Å². The van der Waals surface area contributed by atoms with Crippen molar-refractivity contribution in [1.29, 1.82) is 0 Å². The van der Waals surface area contributed by atoms with Crippen molar-refractivity contribution >= 4 is 11.4 Å². The van der Waals surface area contributed by atoms with Crippen molar-refractivity contribution in [3.05, 3.63) is 38.4 Å². The summed E-state index contributed by atoms with van der Waals surface area (Å²) in [5.74, 6) is -0.0411. The SMILES string of the molecule is CN(C)Oc1ccc([N+](=O)[O-])cc1[N+](=O)[O-]. The maximum absolute atomic E-state index is 10.7. The molecule has 0 fully saturated rings. The van der Waals surface area contributed by atoms with E-state index in [0.717, 1.165) is 12.1 Å².